The van der Waals surface area contributed by atoms with Crippen LogP contribution in [0, 0.1) is 5.92 Å². The van der Waals surface area contributed by atoms with Crippen LogP contribution in [-0.4, -0.2) is 45.4 Å². The van der Waals surface area contributed by atoms with Crippen LogP contribution in [0.2, 0.25) is 0 Å². The fourth-order valence-electron chi connectivity index (χ4n) is 3.44. The minimum Gasteiger partial charge on any atom is -0.333 e. The largest absolute Gasteiger partial charge is 0.333 e. The Labute approximate surface area is 133 Å². The molecule has 22 heavy (non-hydrogen) atoms. The number of piperazine rings is 1. The van der Waals surface area contributed by atoms with Crippen molar-refractivity contribution >= 4 is 10.0 Å². The van der Waals surface area contributed by atoms with Gasteiger partial charge in [-0.05, 0) is 31.4 Å². The van der Waals surface area contributed by atoms with Crippen LogP contribution >= 0.6 is 0 Å². The highest BCUT2D eigenvalue weighted by Gasteiger charge is 2.31. The molecule has 1 fully saturated rings. The number of hydrogen-bond donors (Lipinski definition) is 1. The number of nitrogens with one attached hydrogen (secondary N) is 1. The number of quaternary nitrogens is 1. The van der Waals surface area contributed by atoms with E-state index >= 15 is 0 Å². The minimum absolute atomic E-state index is 0.413. The summed E-state index contributed by atoms with van der Waals surface area (Å²) in [5.41, 5.74) is 0. The van der Waals surface area contributed by atoms with Gasteiger partial charge < -0.3 is 4.90 Å². The fraction of sp³-hybridized carbons (Fsp3) is 0.529. The Morgan fingerprint density at radius 3 is 2.45 bits per heavy atom. The predicted molar refractivity (Wildman–Crippen MR) is 87.2 cm³/mol. The average Bonchev–Trinajstić information content (AvgIpc) is 2.57. The summed E-state index contributed by atoms with van der Waals surface area (Å²) in [4.78, 5) is 1.97. The molecule has 1 saturated heterocycles. The Kier molecular flexibility index (Phi) is 4.96. The van der Waals surface area contributed by atoms with Crippen molar-refractivity contribution in [1.82, 2.24) is 4.31 Å². The molecule has 0 saturated carbocycles. The summed E-state index contributed by atoms with van der Waals surface area (Å²) in [7, 11) is -3.31. The number of nitrogens with zero attached hydrogens (tertiary/aromatic N) is 1. The van der Waals surface area contributed by atoms with E-state index in [2.05, 4.69) is 12.2 Å². The van der Waals surface area contributed by atoms with Crippen LogP contribution in [0.5, 0.6) is 0 Å². The maximum Gasteiger partial charge on any atom is 0.243 e. The van der Waals surface area contributed by atoms with E-state index in [0.717, 1.165) is 19.0 Å². The second-order valence-electron chi connectivity index (χ2n) is 6.32. The number of benzene rings is 1. The fourth-order valence-corrected chi connectivity index (χ4v) is 4.90. The van der Waals surface area contributed by atoms with Crippen molar-refractivity contribution in [2.75, 3.05) is 32.7 Å². The van der Waals surface area contributed by atoms with Crippen molar-refractivity contribution in [1.29, 1.82) is 0 Å². The molecule has 3 rings (SSSR count). The number of allylic oxidation sites excluding steroid dienone is 2. The molecule has 1 heterocycles. The van der Waals surface area contributed by atoms with Gasteiger partial charge in [-0.1, -0.05) is 30.4 Å². The molecule has 5 heteroatoms. The predicted octanol–water partition coefficient (Wildman–Crippen LogP) is 0.932. The SMILES string of the molecule is O=S(=O)(c1ccccc1)N1CC[NH+](C[C@H]2CC=CCC2)CC1. The van der Waals surface area contributed by atoms with Gasteiger partial charge in [0.05, 0.1) is 37.6 Å². The molecule has 4 nitrogen and oxygen atoms in total. The molecule has 0 aromatic heterocycles. The van der Waals surface area contributed by atoms with E-state index in [1.165, 1.54) is 25.8 Å². The molecule has 0 unspecified atom stereocenters. The Morgan fingerprint density at radius 2 is 1.82 bits per heavy atom. The third-order valence-electron chi connectivity index (χ3n) is 4.77. The van der Waals surface area contributed by atoms with Gasteiger partial charge in [-0.25, -0.2) is 8.42 Å². The van der Waals surface area contributed by atoms with Crippen molar-refractivity contribution in [3.8, 4) is 0 Å². The molecule has 1 aliphatic heterocycles. The molecular weight excluding hydrogens is 296 g/mol. The lowest BCUT2D eigenvalue weighted by Crippen LogP contribution is -3.15. The molecule has 120 valence electrons. The second kappa shape index (κ2) is 6.94. The van der Waals surface area contributed by atoms with E-state index in [9.17, 15) is 8.42 Å². The first kappa shape index (κ1) is 15.7. The summed E-state index contributed by atoms with van der Waals surface area (Å²) < 4.78 is 26.8. The van der Waals surface area contributed by atoms with E-state index in [1.807, 2.05) is 6.07 Å². The van der Waals surface area contributed by atoms with E-state index < -0.39 is 10.0 Å². The maximum atomic E-state index is 12.6. The third kappa shape index (κ3) is 3.59. The van der Waals surface area contributed by atoms with Crippen molar-refractivity contribution in [3.05, 3.63) is 42.5 Å². The van der Waals surface area contributed by atoms with Crippen LogP contribution < -0.4 is 4.90 Å². The topological polar surface area (TPSA) is 41.8 Å². The molecule has 1 aromatic carbocycles. The molecule has 0 bridgehead atoms. The monoisotopic (exact) mass is 321 g/mol. The van der Waals surface area contributed by atoms with E-state index in [0.29, 0.717) is 18.0 Å². The molecule has 1 aliphatic carbocycles. The molecule has 1 aromatic rings. The van der Waals surface area contributed by atoms with Gasteiger partial charge in [-0.2, -0.15) is 4.31 Å². The third-order valence-corrected chi connectivity index (χ3v) is 6.68. The highest BCUT2D eigenvalue weighted by atomic mass is 32.2. The second-order valence-corrected chi connectivity index (χ2v) is 8.26. The van der Waals surface area contributed by atoms with E-state index in [-0.39, 0.29) is 0 Å². The molecule has 0 radical (unpaired) electrons. The number of hydrogen-bond acceptors (Lipinski definition) is 2. The van der Waals surface area contributed by atoms with Gasteiger partial charge in [-0.15, -0.1) is 0 Å². The van der Waals surface area contributed by atoms with E-state index in [4.69, 9.17) is 0 Å². The zero-order valence-electron chi connectivity index (χ0n) is 12.9. The van der Waals surface area contributed by atoms with Crippen molar-refractivity contribution < 1.29 is 13.3 Å². The summed E-state index contributed by atoms with van der Waals surface area (Å²) >= 11 is 0. The summed E-state index contributed by atoms with van der Waals surface area (Å²) in [6, 6.07) is 8.78. The van der Waals surface area contributed by atoms with E-state index in [1.54, 1.807) is 33.5 Å². The molecule has 0 spiro atoms. The summed E-state index contributed by atoms with van der Waals surface area (Å²) in [6.07, 6.45) is 8.24. The summed E-state index contributed by atoms with van der Waals surface area (Å²) in [6.45, 7) is 4.30. The number of rotatable bonds is 4. The number of sulfonamides is 1. The van der Waals surface area contributed by atoms with Crippen molar-refractivity contribution in [2.24, 2.45) is 5.92 Å². The Morgan fingerprint density at radius 1 is 1.09 bits per heavy atom. The van der Waals surface area contributed by atoms with Crippen molar-refractivity contribution in [2.45, 2.75) is 24.2 Å². The van der Waals surface area contributed by atoms with Crippen molar-refractivity contribution in [3.63, 3.8) is 0 Å². The maximum absolute atomic E-state index is 12.6. The smallest absolute Gasteiger partial charge is 0.243 e. The van der Waals surface area contributed by atoms with Gasteiger partial charge in [0.2, 0.25) is 10.0 Å². The first-order valence-electron chi connectivity index (χ1n) is 8.20. The van der Waals surface area contributed by atoms with Crippen LogP contribution in [0.4, 0.5) is 0 Å². The lowest BCUT2D eigenvalue weighted by Gasteiger charge is -2.33. The normalized spacial score (nSPS) is 24.5. The van der Waals surface area contributed by atoms with Gasteiger partial charge in [0, 0.05) is 5.92 Å². The lowest BCUT2D eigenvalue weighted by atomic mass is 9.94. The zero-order chi connectivity index (χ0) is 15.4. The lowest BCUT2D eigenvalue weighted by molar-refractivity contribution is -0.907. The minimum atomic E-state index is -3.31. The van der Waals surface area contributed by atoms with Gasteiger partial charge in [-0.3, -0.25) is 0 Å². The van der Waals surface area contributed by atoms with Crippen LogP contribution in [-0.2, 0) is 10.0 Å². The summed E-state index contributed by atoms with van der Waals surface area (Å²) in [5.74, 6) is 0.775. The standard InChI is InChI=1S/C17H24N2O2S/c20-22(21,17-9-5-2-6-10-17)19-13-11-18(12-14-19)15-16-7-3-1-4-8-16/h1-3,5-6,9-10,16H,4,7-8,11-15H2/p+1/t16-/m0/s1. The quantitative estimate of drug-likeness (QED) is 0.839. The Balaban J connectivity index is 1.56. The highest BCUT2D eigenvalue weighted by molar-refractivity contribution is 7.89. The van der Waals surface area contributed by atoms with Crippen LogP contribution in [0.25, 0.3) is 0 Å². The zero-order valence-corrected chi connectivity index (χ0v) is 13.8. The molecule has 1 N–H and O–H groups in total. The molecule has 2 aliphatic rings. The first-order chi connectivity index (χ1) is 10.7. The van der Waals surface area contributed by atoms with Gasteiger partial charge in [0.25, 0.3) is 0 Å². The summed E-state index contributed by atoms with van der Waals surface area (Å²) in [5, 5.41) is 0. The highest BCUT2D eigenvalue weighted by Crippen LogP contribution is 2.17. The Hall–Kier alpha value is -1.17. The average molecular weight is 321 g/mol. The van der Waals surface area contributed by atoms with Gasteiger partial charge >= 0.3 is 0 Å². The molecular formula is C17H25N2O2S+. The van der Waals surface area contributed by atoms with Crippen LogP contribution in [0.3, 0.4) is 0 Å². The van der Waals surface area contributed by atoms with Gasteiger partial charge in [0.1, 0.15) is 0 Å². The molecule has 0 amide bonds. The Bertz CT molecular complexity index is 605. The first-order valence-corrected chi connectivity index (χ1v) is 9.64. The van der Waals surface area contributed by atoms with Gasteiger partial charge in [0.15, 0.2) is 0 Å². The molecule has 1 atom stereocenters. The van der Waals surface area contributed by atoms with Crippen LogP contribution in [0.1, 0.15) is 19.3 Å². The van der Waals surface area contributed by atoms with Crippen LogP contribution in [0.15, 0.2) is 47.4 Å².